The highest BCUT2D eigenvalue weighted by atomic mass is 16.7. The summed E-state index contributed by atoms with van der Waals surface area (Å²) in [5.41, 5.74) is 0.973. The third kappa shape index (κ3) is 0.727. The largest absolute Gasteiger partial charge is 0.357 e. The van der Waals surface area contributed by atoms with Gasteiger partial charge in [-0.2, -0.15) is 0 Å². The summed E-state index contributed by atoms with van der Waals surface area (Å²) in [6.07, 6.45) is 3.29. The minimum absolute atomic E-state index is 0.0988. The van der Waals surface area contributed by atoms with Crippen molar-refractivity contribution < 1.29 is 14.3 Å². The van der Waals surface area contributed by atoms with Gasteiger partial charge in [-0.15, -0.1) is 0 Å². The van der Waals surface area contributed by atoms with Gasteiger partial charge in [0.1, 0.15) is 11.7 Å². The van der Waals surface area contributed by atoms with Crippen LogP contribution in [0.1, 0.15) is 41.3 Å². The van der Waals surface area contributed by atoms with E-state index in [2.05, 4.69) is 0 Å². The lowest BCUT2D eigenvalue weighted by molar-refractivity contribution is 0.0723. The van der Waals surface area contributed by atoms with E-state index in [0.717, 1.165) is 30.4 Å². The number of rotatable bonds is 0. The molecular weight excluding hydrogens is 216 g/mol. The molecule has 0 aromatic heterocycles. The van der Waals surface area contributed by atoms with Gasteiger partial charge in [0.2, 0.25) is 5.78 Å². The van der Waals surface area contributed by atoms with E-state index < -0.39 is 5.60 Å². The van der Waals surface area contributed by atoms with Crippen molar-refractivity contribution in [1.82, 2.24) is 0 Å². The molecule has 2 aliphatic carbocycles. The number of carbonyl (C=O) groups excluding carboxylic acids is 1. The van der Waals surface area contributed by atoms with Gasteiger partial charge in [0.05, 0.1) is 6.10 Å². The van der Waals surface area contributed by atoms with Crippen LogP contribution >= 0.6 is 0 Å². The number of hydrogen-bond donors (Lipinski definition) is 0. The summed E-state index contributed by atoms with van der Waals surface area (Å²) in [5.74, 6) is 0.159. The van der Waals surface area contributed by atoms with Crippen LogP contribution in [-0.2, 0) is 9.47 Å². The van der Waals surface area contributed by atoms with Crippen molar-refractivity contribution in [3.8, 4) is 0 Å². The zero-order chi connectivity index (χ0) is 11.3. The second kappa shape index (κ2) is 2.33. The minimum Gasteiger partial charge on any atom is -0.357 e. The zero-order valence-corrected chi connectivity index (χ0v) is 9.31. The second-order valence-electron chi connectivity index (χ2n) is 5.54. The molecule has 2 saturated heterocycles. The molecule has 2 heterocycles. The van der Waals surface area contributed by atoms with Crippen LogP contribution < -0.4 is 0 Å². The van der Waals surface area contributed by atoms with Gasteiger partial charge in [-0.05, 0) is 24.8 Å². The predicted molar refractivity (Wildman–Crippen MR) is 58.8 cm³/mol. The molecule has 4 aliphatic rings. The molecular formula is C14H12O3. The van der Waals surface area contributed by atoms with Crippen LogP contribution in [-0.4, -0.2) is 23.1 Å². The molecule has 3 nitrogen and oxygen atoms in total. The first-order valence-electron chi connectivity index (χ1n) is 6.29. The lowest BCUT2D eigenvalue weighted by Gasteiger charge is -2.29. The Morgan fingerprint density at radius 3 is 3.06 bits per heavy atom. The number of carbonyl (C=O) groups is 1. The molecule has 86 valence electrons. The fraction of sp³-hybridized carbons (Fsp3) is 0.500. The molecule has 0 bridgehead atoms. The average molecular weight is 228 g/mol. The van der Waals surface area contributed by atoms with Crippen molar-refractivity contribution in [1.29, 1.82) is 0 Å². The van der Waals surface area contributed by atoms with E-state index in [1.807, 2.05) is 24.3 Å². The predicted octanol–water partition coefficient (Wildman–Crippen LogP) is 2.01. The number of epoxide rings is 2. The molecule has 5 rings (SSSR count). The van der Waals surface area contributed by atoms with Crippen LogP contribution in [0.3, 0.4) is 0 Å². The Morgan fingerprint density at radius 2 is 2.12 bits per heavy atom. The van der Waals surface area contributed by atoms with Gasteiger partial charge in [-0.1, -0.05) is 24.3 Å². The SMILES string of the molecule is O=C1c2ccccc2C2OC23CCCC2OC123. The molecule has 3 heteroatoms. The molecule has 1 aromatic carbocycles. The van der Waals surface area contributed by atoms with Crippen LogP contribution in [0.25, 0.3) is 0 Å². The van der Waals surface area contributed by atoms with Gasteiger partial charge in [0.15, 0.2) is 5.60 Å². The Bertz CT molecular complexity index is 566. The smallest absolute Gasteiger partial charge is 0.200 e. The first-order valence-corrected chi connectivity index (χ1v) is 6.29. The van der Waals surface area contributed by atoms with Crippen molar-refractivity contribution >= 4 is 5.78 Å². The van der Waals surface area contributed by atoms with E-state index in [0.29, 0.717) is 0 Å². The van der Waals surface area contributed by atoms with Crippen molar-refractivity contribution in [2.75, 3.05) is 0 Å². The molecule has 1 saturated carbocycles. The van der Waals surface area contributed by atoms with E-state index in [1.54, 1.807) is 0 Å². The molecule has 2 spiro atoms. The highest BCUT2D eigenvalue weighted by Gasteiger charge is 2.86. The van der Waals surface area contributed by atoms with Crippen molar-refractivity contribution in [3.63, 3.8) is 0 Å². The summed E-state index contributed by atoms with van der Waals surface area (Å²) >= 11 is 0. The summed E-state index contributed by atoms with van der Waals surface area (Å²) in [6, 6.07) is 7.83. The lowest BCUT2D eigenvalue weighted by atomic mass is 9.67. The highest BCUT2D eigenvalue weighted by Crippen LogP contribution is 2.72. The molecule has 4 atom stereocenters. The van der Waals surface area contributed by atoms with E-state index >= 15 is 0 Å². The zero-order valence-electron chi connectivity index (χ0n) is 9.31. The van der Waals surface area contributed by atoms with Gasteiger partial charge in [0, 0.05) is 5.56 Å². The lowest BCUT2D eigenvalue weighted by Crippen LogP contribution is -2.48. The van der Waals surface area contributed by atoms with Crippen LogP contribution in [0.5, 0.6) is 0 Å². The Labute approximate surface area is 98.7 Å². The molecule has 4 unspecified atom stereocenters. The summed E-state index contributed by atoms with van der Waals surface area (Å²) in [6.45, 7) is 0. The van der Waals surface area contributed by atoms with Crippen LogP contribution in [0, 0.1) is 0 Å². The maximum atomic E-state index is 12.6. The maximum absolute atomic E-state index is 12.6. The number of hydrogen-bond acceptors (Lipinski definition) is 3. The second-order valence-corrected chi connectivity index (χ2v) is 5.54. The van der Waals surface area contributed by atoms with Crippen LogP contribution in [0.15, 0.2) is 24.3 Å². The molecule has 0 amide bonds. The Hall–Kier alpha value is -1.19. The normalized spacial score (nSPS) is 48.6. The molecule has 17 heavy (non-hydrogen) atoms. The van der Waals surface area contributed by atoms with Crippen molar-refractivity contribution in [2.24, 2.45) is 0 Å². The first kappa shape index (κ1) is 8.84. The highest BCUT2D eigenvalue weighted by molar-refractivity contribution is 6.09. The third-order valence-corrected chi connectivity index (χ3v) is 4.89. The topological polar surface area (TPSA) is 42.1 Å². The van der Waals surface area contributed by atoms with Gasteiger partial charge >= 0.3 is 0 Å². The van der Waals surface area contributed by atoms with Gasteiger partial charge in [-0.3, -0.25) is 4.79 Å². The van der Waals surface area contributed by atoms with Crippen LogP contribution in [0.4, 0.5) is 0 Å². The summed E-state index contributed by atoms with van der Waals surface area (Å²) in [7, 11) is 0. The molecule has 2 aliphatic heterocycles. The fourth-order valence-corrected chi connectivity index (χ4v) is 4.05. The number of benzene rings is 1. The van der Waals surface area contributed by atoms with Crippen LogP contribution in [0.2, 0.25) is 0 Å². The number of fused-ring (bicyclic) bond motifs is 2. The Balaban J connectivity index is 1.79. The number of ketones is 1. The number of Topliss-reactive ketones (excluding diaryl/α,β-unsaturated/α-hetero) is 1. The number of ether oxygens (including phenoxy) is 2. The summed E-state index contributed by atoms with van der Waals surface area (Å²) < 4.78 is 11.8. The fourth-order valence-electron chi connectivity index (χ4n) is 4.05. The molecule has 1 aromatic rings. The molecule has 0 N–H and O–H groups in total. The Morgan fingerprint density at radius 1 is 1.24 bits per heavy atom. The average Bonchev–Trinajstić information content (AvgIpc) is 3.23. The molecule has 0 radical (unpaired) electrons. The first-order chi connectivity index (χ1) is 8.30. The standard InChI is InChI=1S/C14H12O3/c15-11-8-4-1-2-5-9(8)12-13(17-12)7-3-6-10-14(11,13)16-10/h1-2,4-5,10,12H,3,6-7H2. The van der Waals surface area contributed by atoms with Gasteiger partial charge in [-0.25, -0.2) is 0 Å². The maximum Gasteiger partial charge on any atom is 0.200 e. The minimum atomic E-state index is -0.607. The Kier molecular flexibility index (Phi) is 1.21. The van der Waals surface area contributed by atoms with E-state index in [1.165, 1.54) is 0 Å². The van der Waals surface area contributed by atoms with E-state index in [4.69, 9.17) is 9.47 Å². The van der Waals surface area contributed by atoms with Crippen molar-refractivity contribution in [2.45, 2.75) is 42.7 Å². The summed E-state index contributed by atoms with van der Waals surface area (Å²) in [5, 5.41) is 0. The monoisotopic (exact) mass is 228 g/mol. The third-order valence-electron chi connectivity index (χ3n) is 4.89. The van der Waals surface area contributed by atoms with Crippen molar-refractivity contribution in [3.05, 3.63) is 35.4 Å². The molecule has 3 fully saturated rings. The van der Waals surface area contributed by atoms with Gasteiger partial charge < -0.3 is 9.47 Å². The van der Waals surface area contributed by atoms with E-state index in [-0.39, 0.29) is 23.6 Å². The van der Waals surface area contributed by atoms with E-state index in [9.17, 15) is 4.79 Å². The van der Waals surface area contributed by atoms with Gasteiger partial charge in [0.25, 0.3) is 0 Å². The quantitative estimate of drug-likeness (QED) is 0.638. The summed E-state index contributed by atoms with van der Waals surface area (Å²) in [4.78, 5) is 12.6.